The smallest absolute Gasteiger partial charge is 0.726 e. The Morgan fingerprint density at radius 1 is 0.750 bits per heavy atom. The first-order valence-corrected chi connectivity index (χ1v) is 11.3. The third kappa shape index (κ3) is 20.8. The van der Waals surface area contributed by atoms with Crippen LogP contribution in [-0.2, 0) is 29.2 Å². The van der Waals surface area contributed by atoms with Crippen LogP contribution in [-0.4, -0.2) is 52.7 Å². The summed E-state index contributed by atoms with van der Waals surface area (Å²) in [5.41, 5.74) is 0. The average Bonchev–Trinajstić information content (AvgIpc) is 2.44. The van der Waals surface area contributed by atoms with Gasteiger partial charge in [-0.3, -0.25) is 4.18 Å². The zero-order valence-corrected chi connectivity index (χ0v) is 18.5. The van der Waals surface area contributed by atoms with Gasteiger partial charge in [-0.15, -0.1) is 0 Å². The fraction of sp³-hybridized carbons (Fsp3) is 1.00. The number of hydrogen-bond donors (Lipinski definition) is 0. The quantitative estimate of drug-likeness (QED) is 0.143. The molecule has 0 aromatic carbocycles. The maximum absolute atomic E-state index is 11.7. The molecule has 0 spiro atoms. The van der Waals surface area contributed by atoms with Crippen LogP contribution in [0.5, 0.6) is 0 Å². The van der Waals surface area contributed by atoms with Crippen LogP contribution < -0.4 is 29.6 Å². The fourth-order valence-electron chi connectivity index (χ4n) is 2.04. The van der Waals surface area contributed by atoms with Gasteiger partial charge in [0.05, 0.1) is 31.3 Å². The van der Waals surface area contributed by atoms with Crippen LogP contribution >= 0.6 is 0 Å². The Morgan fingerprint density at radius 3 is 1.83 bits per heavy atom. The minimum absolute atomic E-state index is 0. The van der Waals surface area contributed by atoms with Crippen molar-refractivity contribution in [3.05, 3.63) is 0 Å². The van der Waals surface area contributed by atoms with E-state index >= 15 is 0 Å². The summed E-state index contributed by atoms with van der Waals surface area (Å²) in [7, 11) is -7.86. The van der Waals surface area contributed by atoms with Gasteiger partial charge in [0.1, 0.15) is 0 Å². The molecule has 0 radical (unpaired) electrons. The molecule has 0 unspecified atom stereocenters. The Balaban J connectivity index is 0. The number of rotatable bonds is 16. The predicted molar refractivity (Wildman–Crippen MR) is 87.7 cm³/mol. The molecule has 0 fully saturated rings. The van der Waals surface area contributed by atoms with Crippen molar-refractivity contribution in [3.63, 3.8) is 0 Å². The molecule has 0 saturated heterocycles. The minimum atomic E-state index is -4.71. The third-order valence-corrected chi connectivity index (χ3v) is 5.46. The van der Waals surface area contributed by atoms with Crippen molar-refractivity contribution in [2.45, 2.75) is 58.3 Å². The molecule has 0 aliphatic carbocycles. The molecule has 0 saturated carbocycles. The summed E-state index contributed by atoms with van der Waals surface area (Å²) in [6.07, 6.45) is 8.76. The molecule has 24 heavy (non-hydrogen) atoms. The second-order valence-corrected chi connectivity index (χ2v) is 8.83. The molecule has 0 aromatic heterocycles. The van der Waals surface area contributed by atoms with Crippen molar-refractivity contribution in [1.82, 2.24) is 0 Å². The van der Waals surface area contributed by atoms with E-state index in [0.717, 1.165) is 19.3 Å². The largest absolute Gasteiger partial charge is 1.00 e. The van der Waals surface area contributed by atoms with Gasteiger partial charge in [-0.1, -0.05) is 51.9 Å². The van der Waals surface area contributed by atoms with E-state index in [-0.39, 0.29) is 54.3 Å². The molecule has 0 rings (SSSR count). The molecule has 7 nitrogen and oxygen atoms in total. The summed E-state index contributed by atoms with van der Waals surface area (Å²) in [5.74, 6) is 0.0460. The number of ether oxygens (including phenoxy) is 1. The van der Waals surface area contributed by atoms with Crippen molar-refractivity contribution in [2.24, 2.45) is 0 Å². The summed E-state index contributed by atoms with van der Waals surface area (Å²) in [6.45, 7) is 1.62. The SMILES string of the molecule is CCCCCCCCCCS(=O)(=O)CCOCCOS(=O)(=O)[O-].[Na+]. The second-order valence-electron chi connectivity index (χ2n) is 5.47. The van der Waals surface area contributed by atoms with E-state index in [1.807, 2.05) is 0 Å². The first kappa shape index (κ1) is 27.0. The van der Waals surface area contributed by atoms with Crippen LogP contribution in [0.3, 0.4) is 0 Å². The Labute approximate surface area is 169 Å². The van der Waals surface area contributed by atoms with E-state index in [1.165, 1.54) is 25.7 Å². The van der Waals surface area contributed by atoms with E-state index < -0.39 is 26.8 Å². The Morgan fingerprint density at radius 2 is 1.29 bits per heavy atom. The summed E-state index contributed by atoms with van der Waals surface area (Å²) in [6, 6.07) is 0. The first-order valence-electron chi connectivity index (χ1n) is 8.15. The summed E-state index contributed by atoms with van der Waals surface area (Å²) < 4.78 is 62.8. The van der Waals surface area contributed by atoms with Crippen LogP contribution in [0.25, 0.3) is 0 Å². The first-order chi connectivity index (χ1) is 10.8. The second kappa shape index (κ2) is 16.0. The molecule has 0 bridgehead atoms. The topological polar surface area (TPSA) is 110 Å². The van der Waals surface area contributed by atoms with Crippen LogP contribution in [0.2, 0.25) is 0 Å². The monoisotopic (exact) mass is 396 g/mol. The molecule has 0 aliphatic rings. The normalized spacial score (nSPS) is 12.1. The van der Waals surface area contributed by atoms with Gasteiger partial charge < -0.3 is 9.29 Å². The maximum Gasteiger partial charge on any atom is 1.00 e. The van der Waals surface area contributed by atoms with Gasteiger partial charge in [0.2, 0.25) is 10.4 Å². The molecule has 10 heteroatoms. The number of sulfone groups is 1. The van der Waals surface area contributed by atoms with Crippen molar-refractivity contribution in [1.29, 1.82) is 0 Å². The van der Waals surface area contributed by atoms with Gasteiger partial charge >= 0.3 is 29.6 Å². The van der Waals surface area contributed by atoms with Gasteiger partial charge in [-0.05, 0) is 6.42 Å². The van der Waals surface area contributed by atoms with E-state index in [9.17, 15) is 21.4 Å². The predicted octanol–water partition coefficient (Wildman–Crippen LogP) is -0.961. The van der Waals surface area contributed by atoms with E-state index in [2.05, 4.69) is 11.1 Å². The van der Waals surface area contributed by atoms with Crippen LogP contribution in [0.4, 0.5) is 0 Å². The van der Waals surface area contributed by atoms with E-state index in [4.69, 9.17) is 4.74 Å². The van der Waals surface area contributed by atoms with Crippen LogP contribution in [0.1, 0.15) is 58.3 Å². The van der Waals surface area contributed by atoms with Gasteiger partial charge in [0.15, 0.2) is 9.84 Å². The van der Waals surface area contributed by atoms with Crippen molar-refractivity contribution >= 4 is 20.2 Å². The molecule has 0 aliphatic heterocycles. The average molecular weight is 397 g/mol. The summed E-state index contributed by atoms with van der Waals surface area (Å²) in [4.78, 5) is 0. The zero-order valence-electron chi connectivity index (χ0n) is 14.9. The number of unbranched alkanes of at least 4 members (excludes halogenated alkanes) is 7. The van der Waals surface area contributed by atoms with Gasteiger partial charge in [-0.2, -0.15) is 0 Å². The van der Waals surface area contributed by atoms with Gasteiger partial charge in [0.25, 0.3) is 0 Å². The molecule has 0 N–H and O–H groups in total. The minimum Gasteiger partial charge on any atom is -0.726 e. The molecule has 0 amide bonds. The number of hydrogen-bond acceptors (Lipinski definition) is 7. The Bertz CT molecular complexity index is 477. The van der Waals surface area contributed by atoms with Crippen LogP contribution in [0.15, 0.2) is 0 Å². The van der Waals surface area contributed by atoms with E-state index in [0.29, 0.717) is 6.42 Å². The Hall–Kier alpha value is 0.780. The van der Waals surface area contributed by atoms with Crippen molar-refractivity contribution < 1.29 is 59.9 Å². The zero-order chi connectivity index (χ0) is 17.6. The van der Waals surface area contributed by atoms with Crippen molar-refractivity contribution in [2.75, 3.05) is 31.3 Å². The van der Waals surface area contributed by atoms with Crippen LogP contribution in [0, 0.1) is 0 Å². The molecule has 140 valence electrons. The maximum atomic E-state index is 11.7. The van der Waals surface area contributed by atoms with Gasteiger partial charge in [-0.25, -0.2) is 16.8 Å². The standard InChI is InChI=1S/C14H30O7S2.Na/c1-2-3-4-5-6-7-8-9-13-22(15,16)14-12-20-10-11-21-23(17,18)19;/h2-14H2,1H3,(H,17,18,19);/q;+1/p-1. The Kier molecular flexibility index (Phi) is 18.0. The summed E-state index contributed by atoms with van der Waals surface area (Å²) >= 11 is 0. The molecule has 0 atom stereocenters. The molecule has 0 aromatic rings. The third-order valence-electron chi connectivity index (χ3n) is 3.30. The summed E-state index contributed by atoms with van der Waals surface area (Å²) in [5, 5.41) is 0. The fourth-order valence-corrected chi connectivity index (χ4v) is 3.53. The van der Waals surface area contributed by atoms with E-state index in [1.54, 1.807) is 0 Å². The molecular formula is C14H29NaO7S2. The van der Waals surface area contributed by atoms with Crippen molar-refractivity contribution in [3.8, 4) is 0 Å². The molecular weight excluding hydrogens is 367 g/mol. The molecule has 0 heterocycles. The van der Waals surface area contributed by atoms with Gasteiger partial charge in [0, 0.05) is 0 Å².